The van der Waals surface area contributed by atoms with Crippen LogP contribution in [-0.4, -0.2) is 29.5 Å². The lowest BCUT2D eigenvalue weighted by Crippen LogP contribution is -2.00. The van der Waals surface area contributed by atoms with E-state index in [-0.39, 0.29) is 0 Å². The molecule has 0 atom stereocenters. The Balaban J connectivity index is 2.19. The number of nitrogens with zero attached hydrogens (tertiary/aromatic N) is 5. The number of imidazole rings is 1. The van der Waals surface area contributed by atoms with E-state index >= 15 is 0 Å². The highest BCUT2D eigenvalue weighted by Crippen LogP contribution is 2.30. The van der Waals surface area contributed by atoms with Crippen LogP contribution >= 0.6 is 23.4 Å². The predicted octanol–water partition coefficient (Wildman–Crippen LogP) is 1.96. The monoisotopic (exact) mass is 266 g/mol. The predicted molar refractivity (Wildman–Crippen MR) is 63.2 cm³/mol. The van der Waals surface area contributed by atoms with Gasteiger partial charge in [0.1, 0.15) is 16.5 Å². The molecule has 1 N–H and O–H groups in total. The summed E-state index contributed by atoms with van der Waals surface area (Å²) in [5.74, 6) is 0.481. The average molecular weight is 267 g/mol. The Kier molecular flexibility index (Phi) is 2.49. The van der Waals surface area contributed by atoms with Crippen LogP contribution in [-0.2, 0) is 0 Å². The molecule has 3 rings (SSSR count). The number of rotatable bonds is 2. The maximum atomic E-state index is 6.05. The second kappa shape index (κ2) is 4.01. The maximum Gasteiger partial charge on any atom is 0.254 e. The number of hydrogen-bond acceptors (Lipinski definition) is 5. The molecule has 0 aliphatic carbocycles. The first-order valence-corrected chi connectivity index (χ1v) is 5.98. The zero-order valence-corrected chi connectivity index (χ0v) is 10.3. The van der Waals surface area contributed by atoms with Crippen molar-refractivity contribution in [2.24, 2.45) is 0 Å². The second-order valence-electron chi connectivity index (χ2n) is 3.30. The topological polar surface area (TPSA) is 71.8 Å². The van der Waals surface area contributed by atoms with E-state index in [0.29, 0.717) is 10.9 Å². The van der Waals surface area contributed by atoms with Gasteiger partial charge in [-0.25, -0.2) is 4.98 Å². The molecule has 0 saturated heterocycles. The van der Waals surface area contributed by atoms with E-state index in [4.69, 9.17) is 11.6 Å². The van der Waals surface area contributed by atoms with Crippen LogP contribution in [0.4, 0.5) is 0 Å². The van der Waals surface area contributed by atoms with Crippen LogP contribution < -0.4 is 0 Å². The van der Waals surface area contributed by atoms with Crippen molar-refractivity contribution < 1.29 is 0 Å². The van der Waals surface area contributed by atoms with Gasteiger partial charge in [0.25, 0.3) is 5.78 Å². The number of fused-ring (bicyclic) bond motifs is 1. The van der Waals surface area contributed by atoms with Gasteiger partial charge in [-0.1, -0.05) is 11.6 Å². The van der Waals surface area contributed by atoms with Crippen LogP contribution in [0.5, 0.6) is 0 Å². The zero-order valence-electron chi connectivity index (χ0n) is 8.75. The molecule has 3 aromatic rings. The molecule has 0 saturated carbocycles. The highest BCUT2D eigenvalue weighted by atomic mass is 35.5. The Morgan fingerprint density at radius 2 is 2.29 bits per heavy atom. The highest BCUT2D eigenvalue weighted by molar-refractivity contribution is 7.99. The number of aromatic amines is 1. The molecule has 0 bridgehead atoms. The fourth-order valence-electron chi connectivity index (χ4n) is 1.39. The molecular weight excluding hydrogens is 260 g/mol. The molecule has 0 amide bonds. The fourth-order valence-corrected chi connectivity index (χ4v) is 2.50. The highest BCUT2D eigenvalue weighted by Gasteiger charge is 2.14. The molecule has 17 heavy (non-hydrogen) atoms. The van der Waals surface area contributed by atoms with E-state index in [1.807, 2.05) is 6.92 Å². The first kappa shape index (κ1) is 10.5. The lowest BCUT2D eigenvalue weighted by atomic mass is 10.4. The van der Waals surface area contributed by atoms with Gasteiger partial charge in [0.2, 0.25) is 0 Å². The van der Waals surface area contributed by atoms with Crippen molar-refractivity contribution in [3.8, 4) is 0 Å². The molecule has 3 aromatic heterocycles. The van der Waals surface area contributed by atoms with E-state index < -0.39 is 0 Å². The number of aromatic nitrogens is 6. The molecule has 0 aromatic carbocycles. The fraction of sp³-hybridized carbons (Fsp3) is 0.111. The van der Waals surface area contributed by atoms with Gasteiger partial charge in [0.15, 0.2) is 5.16 Å². The maximum absolute atomic E-state index is 6.05. The molecule has 0 fully saturated rings. The standard InChI is InChI=1S/C9H7ClN6S/c1-5-6(10)15-8-13-4-14-16(8)7(5)17-9-11-2-3-12-9/h2-4H,1H3,(H,11,12). The molecule has 0 radical (unpaired) electrons. The van der Waals surface area contributed by atoms with Crippen molar-refractivity contribution in [2.75, 3.05) is 0 Å². The summed E-state index contributed by atoms with van der Waals surface area (Å²) >= 11 is 7.49. The Bertz CT molecular complexity index is 661. The van der Waals surface area contributed by atoms with E-state index in [1.165, 1.54) is 18.1 Å². The summed E-state index contributed by atoms with van der Waals surface area (Å²) in [6, 6.07) is 0. The van der Waals surface area contributed by atoms with Crippen LogP contribution in [0, 0.1) is 6.92 Å². The molecule has 3 heterocycles. The SMILES string of the molecule is Cc1c(Cl)nc2ncnn2c1Sc1ncc[nH]1. The van der Waals surface area contributed by atoms with E-state index in [1.54, 1.807) is 16.9 Å². The normalized spacial score (nSPS) is 11.2. The summed E-state index contributed by atoms with van der Waals surface area (Å²) in [6.45, 7) is 1.89. The number of H-pyrrole nitrogens is 1. The van der Waals surface area contributed by atoms with Gasteiger partial charge in [-0.15, -0.1) is 0 Å². The quantitative estimate of drug-likeness (QED) is 0.718. The van der Waals surface area contributed by atoms with Gasteiger partial charge in [0.05, 0.1) is 0 Å². The van der Waals surface area contributed by atoms with Crippen molar-refractivity contribution in [1.82, 2.24) is 29.5 Å². The van der Waals surface area contributed by atoms with Gasteiger partial charge in [-0.2, -0.15) is 19.6 Å². The van der Waals surface area contributed by atoms with Gasteiger partial charge in [-0.3, -0.25) is 0 Å². The largest absolute Gasteiger partial charge is 0.339 e. The van der Waals surface area contributed by atoms with E-state index in [2.05, 4.69) is 25.0 Å². The Labute approximate surface area is 105 Å². The minimum Gasteiger partial charge on any atom is -0.339 e. The summed E-state index contributed by atoms with van der Waals surface area (Å²) in [7, 11) is 0. The Hall–Kier alpha value is -1.60. The summed E-state index contributed by atoms with van der Waals surface area (Å²) in [5.41, 5.74) is 0.853. The van der Waals surface area contributed by atoms with Gasteiger partial charge >= 0.3 is 0 Å². The molecular formula is C9H7ClN6S. The van der Waals surface area contributed by atoms with Crippen LogP contribution in [0.1, 0.15) is 5.56 Å². The van der Waals surface area contributed by atoms with Crippen molar-refractivity contribution in [2.45, 2.75) is 17.1 Å². The van der Waals surface area contributed by atoms with Crippen molar-refractivity contribution in [3.63, 3.8) is 0 Å². The molecule has 0 unspecified atom stereocenters. The third-order valence-electron chi connectivity index (χ3n) is 2.22. The molecule has 0 aliphatic heterocycles. The van der Waals surface area contributed by atoms with Crippen LogP contribution in [0.2, 0.25) is 5.15 Å². The second-order valence-corrected chi connectivity index (χ2v) is 4.64. The van der Waals surface area contributed by atoms with Gasteiger partial charge in [-0.05, 0) is 18.7 Å². The smallest absolute Gasteiger partial charge is 0.254 e. The minimum atomic E-state index is 0.430. The van der Waals surface area contributed by atoms with Crippen LogP contribution in [0.15, 0.2) is 28.9 Å². The van der Waals surface area contributed by atoms with Crippen molar-refractivity contribution in [1.29, 1.82) is 0 Å². The summed E-state index contributed by atoms with van der Waals surface area (Å²) in [5, 5.41) is 6.18. The summed E-state index contributed by atoms with van der Waals surface area (Å²) in [6.07, 6.45) is 4.91. The third kappa shape index (κ3) is 1.77. The van der Waals surface area contributed by atoms with E-state index in [9.17, 15) is 0 Å². The lowest BCUT2D eigenvalue weighted by Gasteiger charge is -2.06. The van der Waals surface area contributed by atoms with Crippen LogP contribution in [0.25, 0.3) is 5.78 Å². The Morgan fingerprint density at radius 3 is 3.06 bits per heavy atom. The molecule has 0 aliphatic rings. The average Bonchev–Trinajstić information content (AvgIpc) is 2.94. The molecule has 86 valence electrons. The van der Waals surface area contributed by atoms with E-state index in [0.717, 1.165) is 15.7 Å². The first-order valence-electron chi connectivity index (χ1n) is 4.79. The minimum absolute atomic E-state index is 0.430. The van der Waals surface area contributed by atoms with Gasteiger partial charge in [0, 0.05) is 18.0 Å². The zero-order chi connectivity index (χ0) is 11.8. The molecule has 6 nitrogen and oxygen atoms in total. The van der Waals surface area contributed by atoms with Crippen molar-refractivity contribution in [3.05, 3.63) is 29.4 Å². The molecule has 0 spiro atoms. The Morgan fingerprint density at radius 1 is 1.41 bits per heavy atom. The first-order chi connectivity index (χ1) is 8.25. The lowest BCUT2D eigenvalue weighted by molar-refractivity contribution is 0.822. The number of nitrogens with one attached hydrogen (secondary N) is 1. The summed E-state index contributed by atoms with van der Waals surface area (Å²) < 4.78 is 1.65. The van der Waals surface area contributed by atoms with Crippen LogP contribution in [0.3, 0.4) is 0 Å². The summed E-state index contributed by atoms with van der Waals surface area (Å²) in [4.78, 5) is 15.3. The number of hydrogen-bond donors (Lipinski definition) is 1. The molecule has 8 heteroatoms. The number of halogens is 1. The third-order valence-corrected chi connectivity index (χ3v) is 3.67. The van der Waals surface area contributed by atoms with Crippen molar-refractivity contribution >= 4 is 29.1 Å². The van der Waals surface area contributed by atoms with Gasteiger partial charge < -0.3 is 4.98 Å².